The number of nitrogens with one attached hydrogen (secondary N) is 3. The molecule has 0 radical (unpaired) electrons. The number of anilines is 1. The first-order valence-corrected chi connectivity index (χ1v) is 4.86. The number of hydrogen-bond donors (Lipinski definition) is 3. The molecule has 2 amide bonds. The normalized spacial score (nSPS) is 18.9. The summed E-state index contributed by atoms with van der Waals surface area (Å²) in [4.78, 5) is 22.4. The molecule has 0 saturated carbocycles. The van der Waals surface area contributed by atoms with Crippen LogP contribution in [-0.4, -0.2) is 17.9 Å². The highest BCUT2D eigenvalue weighted by molar-refractivity contribution is 5.99. The summed E-state index contributed by atoms with van der Waals surface area (Å²) in [5, 5.41) is 2.26. The molecule has 1 aliphatic rings. The zero-order valence-corrected chi connectivity index (χ0v) is 8.59. The highest BCUT2D eigenvalue weighted by Gasteiger charge is 2.27. The molecule has 0 bridgehead atoms. The molecule has 0 spiro atoms. The van der Waals surface area contributed by atoms with Gasteiger partial charge in [0.05, 0.1) is 12.1 Å². The second-order valence-corrected chi connectivity index (χ2v) is 3.56. The molecule has 1 aromatic carbocycles. The number of hydrazine groups is 1. The first kappa shape index (κ1) is 11.5. The summed E-state index contributed by atoms with van der Waals surface area (Å²) in [7, 11) is 0. The summed E-state index contributed by atoms with van der Waals surface area (Å²) < 4.78 is 25.8. The molecule has 7 heteroatoms. The van der Waals surface area contributed by atoms with Crippen molar-refractivity contribution >= 4 is 17.5 Å². The molecule has 3 N–H and O–H groups in total. The lowest BCUT2D eigenvalue weighted by Crippen LogP contribution is -2.39. The van der Waals surface area contributed by atoms with Gasteiger partial charge in [0.25, 0.3) is 0 Å². The fraction of sp³-hybridized carbons (Fsp3) is 0.200. The van der Waals surface area contributed by atoms with Crippen LogP contribution in [0.1, 0.15) is 6.42 Å². The Labute approximate surface area is 95.2 Å². The van der Waals surface area contributed by atoms with Crippen LogP contribution in [0.4, 0.5) is 14.5 Å². The van der Waals surface area contributed by atoms with Gasteiger partial charge in [0, 0.05) is 6.07 Å². The van der Waals surface area contributed by atoms with E-state index in [0.717, 1.165) is 12.1 Å². The lowest BCUT2D eigenvalue weighted by atomic mass is 10.2. The minimum atomic E-state index is -0.865. The number of hydrogen-bond acceptors (Lipinski definition) is 3. The quantitative estimate of drug-likeness (QED) is 0.697. The van der Waals surface area contributed by atoms with Crippen LogP contribution >= 0.6 is 0 Å². The Morgan fingerprint density at radius 1 is 1.41 bits per heavy atom. The fourth-order valence-corrected chi connectivity index (χ4v) is 1.42. The van der Waals surface area contributed by atoms with Gasteiger partial charge in [-0.25, -0.2) is 14.2 Å². The maximum absolute atomic E-state index is 13.2. The summed E-state index contributed by atoms with van der Waals surface area (Å²) in [6, 6.07) is 2.06. The summed E-state index contributed by atoms with van der Waals surface area (Å²) in [6.45, 7) is 0. The van der Waals surface area contributed by atoms with Crippen LogP contribution in [0.3, 0.4) is 0 Å². The van der Waals surface area contributed by atoms with Gasteiger partial charge >= 0.3 is 0 Å². The van der Waals surface area contributed by atoms with E-state index in [4.69, 9.17) is 0 Å². The number of carbonyl (C=O) groups is 2. The summed E-state index contributed by atoms with van der Waals surface area (Å²) in [5.74, 6) is -2.47. The molecule has 0 aliphatic carbocycles. The van der Waals surface area contributed by atoms with E-state index in [2.05, 4.69) is 16.2 Å². The van der Waals surface area contributed by atoms with Gasteiger partial charge in [-0.2, -0.15) is 0 Å². The van der Waals surface area contributed by atoms with Crippen molar-refractivity contribution in [3.63, 3.8) is 0 Å². The maximum atomic E-state index is 13.2. The van der Waals surface area contributed by atoms with Gasteiger partial charge in [0.15, 0.2) is 0 Å². The third-order valence-corrected chi connectivity index (χ3v) is 2.28. The Bertz CT molecular complexity index is 479. The van der Waals surface area contributed by atoms with Crippen molar-refractivity contribution in [3.8, 4) is 0 Å². The van der Waals surface area contributed by atoms with E-state index < -0.39 is 23.6 Å². The van der Waals surface area contributed by atoms with Crippen LogP contribution in [0.5, 0.6) is 0 Å². The lowest BCUT2D eigenvalue weighted by molar-refractivity contribution is -0.121. The molecular formula is C10H9F2N3O2. The molecule has 5 nitrogen and oxygen atoms in total. The minimum Gasteiger partial charge on any atom is -0.322 e. The molecule has 1 unspecified atom stereocenters. The second-order valence-electron chi connectivity index (χ2n) is 3.56. The Morgan fingerprint density at radius 3 is 2.76 bits per heavy atom. The molecule has 0 aromatic heterocycles. The molecule has 2 rings (SSSR count). The van der Waals surface area contributed by atoms with Gasteiger partial charge in [-0.1, -0.05) is 0 Å². The van der Waals surface area contributed by atoms with Crippen molar-refractivity contribution < 1.29 is 18.4 Å². The van der Waals surface area contributed by atoms with E-state index in [0.29, 0.717) is 6.07 Å². The van der Waals surface area contributed by atoms with Crippen molar-refractivity contribution in [2.75, 3.05) is 5.32 Å². The first-order valence-electron chi connectivity index (χ1n) is 4.86. The second kappa shape index (κ2) is 4.46. The van der Waals surface area contributed by atoms with Crippen molar-refractivity contribution in [2.24, 2.45) is 0 Å². The number of halogens is 2. The van der Waals surface area contributed by atoms with Crippen molar-refractivity contribution in [1.29, 1.82) is 0 Å². The topological polar surface area (TPSA) is 70.2 Å². The van der Waals surface area contributed by atoms with Crippen LogP contribution in [0.2, 0.25) is 0 Å². The minimum absolute atomic E-state index is 0.0192. The average molecular weight is 241 g/mol. The SMILES string of the molecule is O=C1CC(C(=O)Nc2ccc(F)cc2F)NN1. The smallest absolute Gasteiger partial charge is 0.243 e. The van der Waals surface area contributed by atoms with Crippen molar-refractivity contribution in [3.05, 3.63) is 29.8 Å². The van der Waals surface area contributed by atoms with E-state index in [9.17, 15) is 18.4 Å². The average Bonchev–Trinajstić information content (AvgIpc) is 2.69. The van der Waals surface area contributed by atoms with E-state index in [1.807, 2.05) is 0 Å². The Hall–Kier alpha value is -2.02. The number of benzene rings is 1. The molecule has 1 aliphatic heterocycles. The van der Waals surface area contributed by atoms with E-state index in [1.165, 1.54) is 0 Å². The van der Waals surface area contributed by atoms with Gasteiger partial charge in [-0.15, -0.1) is 0 Å². The predicted octanol–water partition coefficient (Wildman–Crippen LogP) is 0.296. The van der Waals surface area contributed by atoms with Crippen LogP contribution in [0.25, 0.3) is 0 Å². The maximum Gasteiger partial charge on any atom is 0.243 e. The monoisotopic (exact) mass is 241 g/mol. The van der Waals surface area contributed by atoms with Crippen LogP contribution in [-0.2, 0) is 9.59 Å². The van der Waals surface area contributed by atoms with Crippen LogP contribution < -0.4 is 16.2 Å². The Balaban J connectivity index is 2.05. The molecule has 90 valence electrons. The van der Waals surface area contributed by atoms with E-state index in [1.54, 1.807) is 0 Å². The highest BCUT2D eigenvalue weighted by Crippen LogP contribution is 2.15. The Kier molecular flexibility index (Phi) is 3.01. The first-order chi connectivity index (χ1) is 8.06. The van der Waals surface area contributed by atoms with Gasteiger partial charge in [-0.3, -0.25) is 15.0 Å². The summed E-state index contributed by atoms with van der Waals surface area (Å²) >= 11 is 0. The third kappa shape index (κ3) is 2.56. The van der Waals surface area contributed by atoms with Gasteiger partial charge in [0.2, 0.25) is 11.8 Å². The highest BCUT2D eigenvalue weighted by atomic mass is 19.1. The largest absolute Gasteiger partial charge is 0.322 e. The van der Waals surface area contributed by atoms with Gasteiger partial charge < -0.3 is 5.32 Å². The molecule has 17 heavy (non-hydrogen) atoms. The number of carbonyl (C=O) groups excluding carboxylic acids is 2. The van der Waals surface area contributed by atoms with Crippen LogP contribution in [0, 0.1) is 11.6 Å². The predicted molar refractivity (Wildman–Crippen MR) is 54.7 cm³/mol. The molecule has 1 fully saturated rings. The molecule has 1 atom stereocenters. The van der Waals surface area contributed by atoms with Gasteiger partial charge in [-0.05, 0) is 12.1 Å². The van der Waals surface area contributed by atoms with Crippen LogP contribution in [0.15, 0.2) is 18.2 Å². The number of rotatable bonds is 2. The van der Waals surface area contributed by atoms with Crippen molar-refractivity contribution in [2.45, 2.75) is 12.5 Å². The standard InChI is InChI=1S/C10H9F2N3O2/c11-5-1-2-7(6(12)3-5)13-10(17)8-4-9(16)15-14-8/h1-3,8,14H,4H2,(H,13,17)(H,15,16). The summed E-state index contributed by atoms with van der Waals surface area (Å²) in [6.07, 6.45) is -0.0192. The zero-order chi connectivity index (χ0) is 12.4. The molecule has 1 saturated heterocycles. The lowest BCUT2D eigenvalue weighted by Gasteiger charge is -2.10. The summed E-state index contributed by atoms with van der Waals surface area (Å²) in [5.41, 5.74) is 4.58. The third-order valence-electron chi connectivity index (χ3n) is 2.28. The van der Waals surface area contributed by atoms with Gasteiger partial charge in [0.1, 0.15) is 17.7 Å². The fourth-order valence-electron chi connectivity index (χ4n) is 1.42. The zero-order valence-electron chi connectivity index (χ0n) is 8.59. The number of amides is 2. The van der Waals surface area contributed by atoms with E-state index >= 15 is 0 Å². The Morgan fingerprint density at radius 2 is 2.18 bits per heavy atom. The molecular weight excluding hydrogens is 232 g/mol. The van der Waals surface area contributed by atoms with Crippen molar-refractivity contribution in [1.82, 2.24) is 10.9 Å². The molecule has 1 heterocycles. The van der Waals surface area contributed by atoms with E-state index in [-0.39, 0.29) is 18.0 Å². The molecule has 1 aromatic rings.